The van der Waals surface area contributed by atoms with Crippen LogP contribution in [0, 0.1) is 0 Å². The second kappa shape index (κ2) is 7.55. The first-order chi connectivity index (χ1) is 13.1. The van der Waals surface area contributed by atoms with E-state index in [2.05, 4.69) is 35.1 Å². The molecule has 0 saturated carbocycles. The van der Waals surface area contributed by atoms with Gasteiger partial charge in [-0.15, -0.1) is 0 Å². The molecule has 2 aromatic carbocycles. The van der Waals surface area contributed by atoms with Gasteiger partial charge in [0.1, 0.15) is 12.4 Å². The van der Waals surface area contributed by atoms with E-state index in [-0.39, 0.29) is 5.56 Å². The summed E-state index contributed by atoms with van der Waals surface area (Å²) in [5, 5.41) is 9.42. The third kappa shape index (κ3) is 3.75. The van der Waals surface area contributed by atoms with Crippen LogP contribution in [0.5, 0.6) is 5.75 Å². The minimum atomic E-state index is -0.922. The molecule has 0 radical (unpaired) electrons. The number of fused-ring (bicyclic) bond motifs is 2. The maximum absolute atomic E-state index is 11.5. The largest absolute Gasteiger partial charge is 0.488 e. The van der Waals surface area contributed by atoms with Crippen LogP contribution in [0.4, 0.5) is 0 Å². The third-order valence-corrected chi connectivity index (χ3v) is 5.36. The molecule has 2 aliphatic heterocycles. The van der Waals surface area contributed by atoms with Crippen molar-refractivity contribution in [2.24, 2.45) is 0 Å². The predicted molar refractivity (Wildman–Crippen MR) is 105 cm³/mol. The molecular formula is C22H24N2O3. The average Bonchev–Trinajstić information content (AvgIpc) is 2.84. The zero-order chi connectivity index (χ0) is 18.8. The summed E-state index contributed by atoms with van der Waals surface area (Å²) < 4.78 is 5.99. The molecule has 2 aliphatic rings. The molecule has 140 valence electrons. The van der Waals surface area contributed by atoms with Crippen LogP contribution < -0.4 is 4.74 Å². The molecule has 2 aromatic rings. The van der Waals surface area contributed by atoms with Crippen molar-refractivity contribution in [1.82, 2.24) is 9.80 Å². The Hall–Kier alpha value is -2.63. The fourth-order valence-corrected chi connectivity index (χ4v) is 3.68. The smallest absolute Gasteiger partial charge is 0.335 e. The monoisotopic (exact) mass is 364 g/mol. The highest BCUT2D eigenvalue weighted by Crippen LogP contribution is 2.37. The van der Waals surface area contributed by atoms with Crippen LogP contribution >= 0.6 is 0 Å². The number of carbonyl (C=O) groups is 1. The number of hydrogen-bond acceptors (Lipinski definition) is 4. The van der Waals surface area contributed by atoms with Gasteiger partial charge in [-0.1, -0.05) is 30.3 Å². The predicted octanol–water partition coefficient (Wildman–Crippen LogP) is 2.96. The van der Waals surface area contributed by atoms with Crippen molar-refractivity contribution in [3.8, 4) is 5.75 Å². The first-order valence-corrected chi connectivity index (χ1v) is 9.31. The van der Waals surface area contributed by atoms with Crippen LogP contribution in [-0.4, -0.2) is 60.6 Å². The van der Waals surface area contributed by atoms with Gasteiger partial charge in [-0.05, 0) is 41.9 Å². The number of carboxylic acid groups (broad SMARTS) is 1. The molecule has 5 nitrogen and oxygen atoms in total. The van der Waals surface area contributed by atoms with Crippen molar-refractivity contribution in [3.05, 3.63) is 70.8 Å². The molecule has 0 spiro atoms. The van der Waals surface area contributed by atoms with Gasteiger partial charge in [0.25, 0.3) is 0 Å². The van der Waals surface area contributed by atoms with Gasteiger partial charge < -0.3 is 14.7 Å². The molecule has 0 atom stereocenters. The molecule has 0 unspecified atom stereocenters. The molecule has 0 aliphatic carbocycles. The molecule has 5 heteroatoms. The number of hydrogen-bond donors (Lipinski definition) is 1. The lowest BCUT2D eigenvalue weighted by Crippen LogP contribution is -2.44. The van der Waals surface area contributed by atoms with Crippen LogP contribution in [0.15, 0.2) is 48.5 Å². The standard InChI is InChI=1S/C22H24N2O3/c1-23-10-12-24(13-11-23)9-8-19-18-5-3-2-4-17(18)15-27-21-7-6-16(22(25)26)14-20(19)21/h2-8,14H,9-13,15H2,1H3,(H,25,26)/b19-8+. The highest BCUT2D eigenvalue weighted by atomic mass is 16.5. The zero-order valence-corrected chi connectivity index (χ0v) is 15.5. The van der Waals surface area contributed by atoms with Gasteiger partial charge in [0.05, 0.1) is 5.56 Å². The second-order valence-corrected chi connectivity index (χ2v) is 7.18. The van der Waals surface area contributed by atoms with Gasteiger partial charge in [0.15, 0.2) is 0 Å². The van der Waals surface area contributed by atoms with Gasteiger partial charge >= 0.3 is 5.97 Å². The molecule has 1 N–H and O–H groups in total. The Kier molecular flexibility index (Phi) is 4.97. The molecule has 2 heterocycles. The lowest BCUT2D eigenvalue weighted by molar-refractivity contribution is 0.0697. The Morgan fingerprint density at radius 3 is 2.67 bits per heavy atom. The topological polar surface area (TPSA) is 53.0 Å². The van der Waals surface area contributed by atoms with Gasteiger partial charge in [0.2, 0.25) is 0 Å². The zero-order valence-electron chi connectivity index (χ0n) is 15.5. The maximum Gasteiger partial charge on any atom is 0.335 e. The number of nitrogens with zero attached hydrogens (tertiary/aromatic N) is 2. The Labute approximate surface area is 159 Å². The first-order valence-electron chi connectivity index (χ1n) is 9.31. The van der Waals surface area contributed by atoms with Gasteiger partial charge in [0, 0.05) is 38.3 Å². The van der Waals surface area contributed by atoms with Crippen molar-refractivity contribution < 1.29 is 14.6 Å². The average molecular weight is 364 g/mol. The summed E-state index contributed by atoms with van der Waals surface area (Å²) in [5.74, 6) is -0.186. The molecule has 1 saturated heterocycles. The third-order valence-electron chi connectivity index (χ3n) is 5.36. The molecular weight excluding hydrogens is 340 g/mol. The van der Waals surface area contributed by atoms with E-state index < -0.39 is 5.97 Å². The van der Waals surface area contributed by atoms with Crippen LogP contribution in [0.2, 0.25) is 0 Å². The summed E-state index contributed by atoms with van der Waals surface area (Å²) in [7, 11) is 2.15. The fourth-order valence-electron chi connectivity index (χ4n) is 3.68. The van der Waals surface area contributed by atoms with Gasteiger partial charge in [-0.25, -0.2) is 4.79 Å². The van der Waals surface area contributed by atoms with E-state index in [4.69, 9.17) is 4.74 Å². The number of aromatic carboxylic acids is 1. The number of carboxylic acids is 1. The van der Waals surface area contributed by atoms with Gasteiger partial charge in [-0.2, -0.15) is 0 Å². The number of likely N-dealkylation sites (N-methyl/N-ethyl adjacent to an activating group) is 1. The molecule has 0 aromatic heterocycles. The van der Waals surface area contributed by atoms with Crippen LogP contribution in [0.1, 0.15) is 27.0 Å². The van der Waals surface area contributed by atoms with E-state index in [1.807, 2.05) is 12.1 Å². The van der Waals surface area contributed by atoms with Crippen LogP contribution in [0.3, 0.4) is 0 Å². The SMILES string of the molecule is CN1CCN(C/C=C2\c3ccccc3COc3ccc(C(=O)O)cc32)CC1. The summed E-state index contributed by atoms with van der Waals surface area (Å²) in [6.07, 6.45) is 2.23. The first kappa shape index (κ1) is 17.8. The highest BCUT2D eigenvalue weighted by molar-refractivity contribution is 5.92. The second-order valence-electron chi connectivity index (χ2n) is 7.18. The highest BCUT2D eigenvalue weighted by Gasteiger charge is 2.21. The Morgan fingerprint density at radius 2 is 1.89 bits per heavy atom. The van der Waals surface area contributed by atoms with Crippen molar-refractivity contribution in [3.63, 3.8) is 0 Å². The van der Waals surface area contributed by atoms with E-state index in [1.54, 1.807) is 18.2 Å². The fraction of sp³-hybridized carbons (Fsp3) is 0.318. The summed E-state index contributed by atoms with van der Waals surface area (Å²) >= 11 is 0. The summed E-state index contributed by atoms with van der Waals surface area (Å²) in [6.45, 7) is 5.56. The van der Waals surface area contributed by atoms with E-state index in [0.29, 0.717) is 6.61 Å². The lowest BCUT2D eigenvalue weighted by atomic mass is 9.93. The number of rotatable bonds is 3. The molecule has 0 amide bonds. The van der Waals surface area contributed by atoms with E-state index in [1.165, 1.54) is 0 Å². The minimum absolute atomic E-state index is 0.280. The van der Waals surface area contributed by atoms with Crippen LogP contribution in [-0.2, 0) is 6.61 Å². The normalized spacial score (nSPS) is 19.1. The minimum Gasteiger partial charge on any atom is -0.488 e. The van der Waals surface area contributed by atoms with Crippen molar-refractivity contribution in [1.29, 1.82) is 0 Å². The Morgan fingerprint density at radius 1 is 1.11 bits per heavy atom. The van der Waals surface area contributed by atoms with Gasteiger partial charge in [-0.3, -0.25) is 4.90 Å². The van der Waals surface area contributed by atoms with Crippen molar-refractivity contribution in [2.45, 2.75) is 6.61 Å². The van der Waals surface area contributed by atoms with E-state index >= 15 is 0 Å². The summed E-state index contributed by atoms with van der Waals surface area (Å²) in [5.41, 5.74) is 4.43. The molecule has 27 heavy (non-hydrogen) atoms. The van der Waals surface area contributed by atoms with Crippen molar-refractivity contribution in [2.75, 3.05) is 39.8 Å². The number of ether oxygens (including phenoxy) is 1. The number of benzene rings is 2. The molecule has 0 bridgehead atoms. The number of piperazine rings is 1. The van der Waals surface area contributed by atoms with Crippen molar-refractivity contribution >= 4 is 11.5 Å². The molecule has 1 fully saturated rings. The Bertz CT molecular complexity index is 883. The maximum atomic E-state index is 11.5. The quantitative estimate of drug-likeness (QED) is 0.908. The lowest BCUT2D eigenvalue weighted by Gasteiger charge is -2.31. The van der Waals surface area contributed by atoms with E-state index in [0.717, 1.165) is 60.7 Å². The Balaban J connectivity index is 1.75. The summed E-state index contributed by atoms with van der Waals surface area (Å²) in [4.78, 5) is 16.3. The summed E-state index contributed by atoms with van der Waals surface area (Å²) in [6, 6.07) is 13.3. The molecule has 4 rings (SSSR count). The van der Waals surface area contributed by atoms with E-state index in [9.17, 15) is 9.90 Å². The van der Waals surface area contributed by atoms with Crippen LogP contribution in [0.25, 0.3) is 5.57 Å².